The van der Waals surface area contributed by atoms with Gasteiger partial charge in [-0.05, 0) is 43.6 Å². The van der Waals surface area contributed by atoms with Gasteiger partial charge >= 0.3 is 0 Å². The van der Waals surface area contributed by atoms with Crippen molar-refractivity contribution in [3.05, 3.63) is 34.2 Å². The molecule has 0 bridgehead atoms. The van der Waals surface area contributed by atoms with Gasteiger partial charge in [0.05, 0.1) is 6.10 Å². The van der Waals surface area contributed by atoms with Gasteiger partial charge in [0.1, 0.15) is 0 Å². The minimum atomic E-state index is -0.540. The zero-order chi connectivity index (χ0) is 16.4. The SMILES string of the molecule is N[C@@H]1C[C@H](C(=O)N2CCC(Cc3ccc(=O)[nH]c3)CC2)C[C@H]1O. The molecule has 1 aromatic heterocycles. The summed E-state index contributed by atoms with van der Waals surface area (Å²) in [5.74, 6) is 0.580. The quantitative estimate of drug-likeness (QED) is 0.744. The maximum absolute atomic E-state index is 12.5. The number of pyridine rings is 1. The molecular formula is C17H25N3O3. The van der Waals surface area contributed by atoms with E-state index in [1.807, 2.05) is 11.0 Å². The highest BCUT2D eigenvalue weighted by Crippen LogP contribution is 2.29. The summed E-state index contributed by atoms with van der Waals surface area (Å²) in [7, 11) is 0. The monoisotopic (exact) mass is 319 g/mol. The van der Waals surface area contributed by atoms with Crippen LogP contribution < -0.4 is 11.3 Å². The maximum atomic E-state index is 12.5. The third-order valence-electron chi connectivity index (χ3n) is 5.23. The second-order valence-electron chi connectivity index (χ2n) is 6.93. The molecule has 1 aliphatic heterocycles. The van der Waals surface area contributed by atoms with Gasteiger partial charge in [0.2, 0.25) is 11.5 Å². The minimum Gasteiger partial charge on any atom is -0.391 e. The number of nitrogens with zero attached hydrogens (tertiary/aromatic N) is 1. The Bertz CT molecular complexity index is 577. The molecule has 0 radical (unpaired) electrons. The minimum absolute atomic E-state index is 0.0777. The summed E-state index contributed by atoms with van der Waals surface area (Å²) in [4.78, 5) is 28.2. The van der Waals surface area contributed by atoms with E-state index in [2.05, 4.69) is 4.98 Å². The van der Waals surface area contributed by atoms with E-state index in [0.29, 0.717) is 18.8 Å². The van der Waals surface area contributed by atoms with Crippen molar-refractivity contribution in [2.45, 2.75) is 44.2 Å². The highest BCUT2D eigenvalue weighted by atomic mass is 16.3. The highest BCUT2D eigenvalue weighted by Gasteiger charge is 2.37. The van der Waals surface area contributed by atoms with Crippen molar-refractivity contribution in [2.24, 2.45) is 17.6 Å². The predicted molar refractivity (Wildman–Crippen MR) is 86.8 cm³/mol. The van der Waals surface area contributed by atoms with Crippen molar-refractivity contribution < 1.29 is 9.90 Å². The lowest BCUT2D eigenvalue weighted by atomic mass is 9.90. The van der Waals surface area contributed by atoms with Crippen molar-refractivity contribution in [2.75, 3.05) is 13.1 Å². The molecule has 0 spiro atoms. The average molecular weight is 319 g/mol. The number of aromatic amines is 1. The fourth-order valence-electron chi connectivity index (χ4n) is 3.77. The standard InChI is InChI=1S/C17H25N3O3/c18-14-8-13(9-15(14)21)17(23)20-5-3-11(4-6-20)7-12-1-2-16(22)19-10-12/h1-2,10-11,13-15,21H,3-9,18H2,(H,19,22)/t13-,14+,15+/m0/s1. The average Bonchev–Trinajstić information content (AvgIpc) is 2.89. The Balaban J connectivity index is 1.49. The van der Waals surface area contributed by atoms with Crippen LogP contribution in [0.1, 0.15) is 31.2 Å². The van der Waals surface area contributed by atoms with Gasteiger partial charge in [-0.15, -0.1) is 0 Å². The van der Waals surface area contributed by atoms with Gasteiger partial charge < -0.3 is 20.7 Å². The molecule has 23 heavy (non-hydrogen) atoms. The molecule has 1 saturated heterocycles. The fourth-order valence-corrected chi connectivity index (χ4v) is 3.77. The summed E-state index contributed by atoms with van der Waals surface area (Å²) < 4.78 is 0. The van der Waals surface area contributed by atoms with Crippen LogP contribution in [0.25, 0.3) is 0 Å². The number of aromatic nitrogens is 1. The van der Waals surface area contributed by atoms with Gasteiger partial charge in [-0.25, -0.2) is 0 Å². The van der Waals surface area contributed by atoms with Gasteiger partial charge in [0, 0.05) is 37.3 Å². The molecule has 1 amide bonds. The molecule has 1 aliphatic carbocycles. The predicted octanol–water partition coefficient (Wildman–Crippen LogP) is 0.254. The zero-order valence-corrected chi connectivity index (χ0v) is 13.3. The molecule has 6 heteroatoms. The lowest BCUT2D eigenvalue weighted by molar-refractivity contribution is -0.137. The van der Waals surface area contributed by atoms with Crippen LogP contribution in [-0.2, 0) is 11.2 Å². The van der Waals surface area contributed by atoms with Gasteiger partial charge in [0.15, 0.2) is 0 Å². The number of amides is 1. The number of nitrogens with one attached hydrogen (secondary N) is 1. The molecule has 3 rings (SSSR count). The molecular weight excluding hydrogens is 294 g/mol. The number of rotatable bonds is 3. The van der Waals surface area contributed by atoms with Crippen molar-refractivity contribution in [1.29, 1.82) is 0 Å². The Kier molecular flexibility index (Phi) is 4.82. The van der Waals surface area contributed by atoms with Crippen molar-refractivity contribution in [3.63, 3.8) is 0 Å². The van der Waals surface area contributed by atoms with Gasteiger partial charge in [-0.2, -0.15) is 0 Å². The van der Waals surface area contributed by atoms with Crippen LogP contribution in [0.5, 0.6) is 0 Å². The number of likely N-dealkylation sites (tertiary alicyclic amines) is 1. The second-order valence-corrected chi connectivity index (χ2v) is 6.93. The van der Waals surface area contributed by atoms with E-state index in [0.717, 1.165) is 37.9 Å². The van der Waals surface area contributed by atoms with Crippen LogP contribution in [-0.4, -0.2) is 46.1 Å². The number of carbonyl (C=O) groups excluding carboxylic acids is 1. The molecule has 0 unspecified atom stereocenters. The van der Waals surface area contributed by atoms with Crippen molar-refractivity contribution >= 4 is 5.91 Å². The lowest BCUT2D eigenvalue weighted by Crippen LogP contribution is -2.42. The number of H-pyrrole nitrogens is 1. The maximum Gasteiger partial charge on any atom is 0.247 e. The summed E-state index contributed by atoms with van der Waals surface area (Å²) in [6, 6.07) is 3.17. The Morgan fingerprint density at radius 3 is 2.61 bits per heavy atom. The fraction of sp³-hybridized carbons (Fsp3) is 0.647. The molecule has 2 aliphatic rings. The second kappa shape index (κ2) is 6.84. The molecule has 4 N–H and O–H groups in total. The molecule has 2 fully saturated rings. The first-order chi connectivity index (χ1) is 11.0. The summed E-state index contributed by atoms with van der Waals surface area (Å²) in [6.07, 6.45) is 5.22. The summed E-state index contributed by atoms with van der Waals surface area (Å²) in [5, 5.41) is 9.72. The molecule has 6 nitrogen and oxygen atoms in total. The van der Waals surface area contributed by atoms with Crippen LogP contribution in [0.15, 0.2) is 23.1 Å². The summed E-state index contributed by atoms with van der Waals surface area (Å²) in [5.41, 5.74) is 6.87. The zero-order valence-electron chi connectivity index (χ0n) is 13.3. The van der Waals surface area contributed by atoms with Crippen LogP contribution >= 0.6 is 0 Å². The largest absolute Gasteiger partial charge is 0.391 e. The van der Waals surface area contributed by atoms with Gasteiger partial charge in [0.25, 0.3) is 0 Å². The van der Waals surface area contributed by atoms with E-state index >= 15 is 0 Å². The third kappa shape index (κ3) is 3.82. The van der Waals surface area contributed by atoms with E-state index in [-0.39, 0.29) is 23.4 Å². The Labute approximate surface area is 135 Å². The first-order valence-corrected chi connectivity index (χ1v) is 8.43. The van der Waals surface area contributed by atoms with Crippen LogP contribution in [0.4, 0.5) is 0 Å². The number of carbonyl (C=O) groups is 1. The number of aliphatic hydroxyl groups excluding tert-OH is 1. The third-order valence-corrected chi connectivity index (χ3v) is 5.23. The van der Waals surface area contributed by atoms with Crippen molar-refractivity contribution in [3.8, 4) is 0 Å². The van der Waals surface area contributed by atoms with Crippen LogP contribution in [0.3, 0.4) is 0 Å². The molecule has 1 aromatic rings. The Hall–Kier alpha value is -1.66. The van der Waals surface area contributed by atoms with Gasteiger partial charge in [-0.1, -0.05) is 6.07 Å². The van der Waals surface area contributed by atoms with E-state index in [1.54, 1.807) is 12.3 Å². The summed E-state index contributed by atoms with van der Waals surface area (Å²) >= 11 is 0. The topological polar surface area (TPSA) is 99.4 Å². The summed E-state index contributed by atoms with van der Waals surface area (Å²) in [6.45, 7) is 1.55. The number of hydrogen-bond acceptors (Lipinski definition) is 4. The normalized spacial score (nSPS) is 29.0. The smallest absolute Gasteiger partial charge is 0.247 e. The van der Waals surface area contributed by atoms with E-state index in [1.165, 1.54) is 0 Å². The molecule has 3 atom stereocenters. The molecule has 126 valence electrons. The van der Waals surface area contributed by atoms with Crippen LogP contribution in [0.2, 0.25) is 0 Å². The molecule has 1 saturated carbocycles. The van der Waals surface area contributed by atoms with Crippen molar-refractivity contribution in [1.82, 2.24) is 9.88 Å². The number of nitrogens with two attached hydrogens (primary N) is 1. The lowest BCUT2D eigenvalue weighted by Gasteiger charge is -2.33. The van der Waals surface area contributed by atoms with E-state index < -0.39 is 6.10 Å². The first-order valence-electron chi connectivity index (χ1n) is 8.43. The number of aliphatic hydroxyl groups is 1. The van der Waals surface area contributed by atoms with E-state index in [9.17, 15) is 14.7 Å². The number of hydrogen-bond donors (Lipinski definition) is 3. The first kappa shape index (κ1) is 16.2. The highest BCUT2D eigenvalue weighted by molar-refractivity contribution is 5.79. The molecule has 0 aromatic carbocycles. The Morgan fingerprint density at radius 2 is 2.04 bits per heavy atom. The van der Waals surface area contributed by atoms with Crippen LogP contribution in [0, 0.1) is 11.8 Å². The Morgan fingerprint density at radius 1 is 1.30 bits per heavy atom. The van der Waals surface area contributed by atoms with Gasteiger partial charge in [-0.3, -0.25) is 9.59 Å². The molecule has 2 heterocycles. The van der Waals surface area contributed by atoms with E-state index in [4.69, 9.17) is 5.73 Å². The number of piperidine rings is 1.